The number of thioether (sulfide) groups is 1. The molecule has 11 heteroatoms. The molecule has 1 saturated heterocycles. The van der Waals surface area contributed by atoms with Crippen molar-refractivity contribution >= 4 is 57.3 Å². The highest BCUT2D eigenvalue weighted by Gasteiger charge is 2.36. The van der Waals surface area contributed by atoms with Crippen LogP contribution >= 0.6 is 23.4 Å². The summed E-state index contributed by atoms with van der Waals surface area (Å²) in [6.07, 6.45) is 4.99. The van der Waals surface area contributed by atoms with Crippen molar-refractivity contribution in [1.82, 2.24) is 14.5 Å². The van der Waals surface area contributed by atoms with Gasteiger partial charge >= 0.3 is 0 Å². The first kappa shape index (κ1) is 25.3. The first-order chi connectivity index (χ1) is 17.8. The fourth-order valence-electron chi connectivity index (χ4n) is 4.79. The molecular formula is C26H27ClN6O3S. The van der Waals surface area contributed by atoms with E-state index in [2.05, 4.69) is 10.1 Å². The molecule has 5 rings (SSSR count). The zero-order valence-electron chi connectivity index (χ0n) is 20.9. The zero-order chi connectivity index (χ0) is 26.3. The molecule has 1 aromatic heterocycles. The van der Waals surface area contributed by atoms with Gasteiger partial charge in [-0.3, -0.25) is 15.0 Å². The maximum atomic E-state index is 12.9. The number of likely N-dealkylation sites (tertiary alicyclic amines) is 1. The highest BCUT2D eigenvalue weighted by molar-refractivity contribution is 8.27. The molecule has 1 aromatic carbocycles. The second-order valence-corrected chi connectivity index (χ2v) is 10.6. The van der Waals surface area contributed by atoms with Crippen molar-refractivity contribution in [2.45, 2.75) is 39.5 Å². The molecular weight excluding hydrogens is 512 g/mol. The summed E-state index contributed by atoms with van der Waals surface area (Å²) in [4.78, 5) is 31.7. The number of carbonyl (C=O) groups is 2. The van der Waals surface area contributed by atoms with E-state index in [1.54, 1.807) is 19.3 Å². The van der Waals surface area contributed by atoms with E-state index in [0.717, 1.165) is 55.0 Å². The number of amides is 2. The molecule has 0 unspecified atom stereocenters. The van der Waals surface area contributed by atoms with Crippen LogP contribution in [0.2, 0.25) is 5.02 Å². The van der Waals surface area contributed by atoms with E-state index in [4.69, 9.17) is 21.7 Å². The fraction of sp³-hybridized carbons (Fsp3) is 0.346. The molecule has 1 fully saturated rings. The van der Waals surface area contributed by atoms with E-state index in [0.29, 0.717) is 21.0 Å². The molecule has 2 aromatic rings. The number of fused-ring (bicyclic) bond motifs is 1. The number of aliphatic imine (C=N–C) groups is 1. The van der Waals surface area contributed by atoms with Gasteiger partial charge in [-0.1, -0.05) is 11.6 Å². The Balaban J connectivity index is 1.42. The van der Waals surface area contributed by atoms with Crippen LogP contribution in [0.25, 0.3) is 11.8 Å². The standard InChI is InChI=1S/C26H27ClN6O3S/c1-15-11-17(16(2)32(15)20-13-18(27)7-8-21(20)36-3)12-19-24(28)33-26(29-25(19)35)37-22(30-33)14-23(34)31-9-5-4-6-10-31/h7-8,11-13,28H,4-6,9-10,14H2,1-3H3/b19-12+,28-24?. The fourth-order valence-corrected chi connectivity index (χ4v) is 5.83. The number of piperidine rings is 1. The highest BCUT2D eigenvalue weighted by Crippen LogP contribution is 2.33. The predicted molar refractivity (Wildman–Crippen MR) is 147 cm³/mol. The quantitative estimate of drug-likeness (QED) is 0.552. The molecule has 0 radical (unpaired) electrons. The van der Waals surface area contributed by atoms with Crippen LogP contribution in [0.1, 0.15) is 42.6 Å². The number of carbonyl (C=O) groups excluding carboxylic acids is 2. The summed E-state index contributed by atoms with van der Waals surface area (Å²) in [5, 5.41) is 15.9. The average Bonchev–Trinajstić information content (AvgIpc) is 3.41. The minimum atomic E-state index is -0.507. The van der Waals surface area contributed by atoms with Gasteiger partial charge in [0.1, 0.15) is 10.8 Å². The summed E-state index contributed by atoms with van der Waals surface area (Å²) in [6, 6.07) is 7.33. The number of hydrogen-bond donors (Lipinski definition) is 1. The lowest BCUT2D eigenvalue weighted by Crippen LogP contribution is -2.36. The van der Waals surface area contributed by atoms with Crippen molar-refractivity contribution < 1.29 is 14.3 Å². The lowest BCUT2D eigenvalue weighted by Gasteiger charge is -2.26. The van der Waals surface area contributed by atoms with Crippen molar-refractivity contribution in [1.29, 1.82) is 5.41 Å². The van der Waals surface area contributed by atoms with E-state index < -0.39 is 5.91 Å². The topological polar surface area (TPSA) is 103 Å². The number of hydrogen-bond acceptors (Lipinski definition) is 6. The molecule has 0 aliphatic carbocycles. The second-order valence-electron chi connectivity index (χ2n) is 9.11. The van der Waals surface area contributed by atoms with Crippen molar-refractivity contribution in [3.05, 3.63) is 51.8 Å². The van der Waals surface area contributed by atoms with Gasteiger partial charge in [0.05, 0.1) is 24.8 Å². The maximum absolute atomic E-state index is 12.9. The molecule has 0 saturated carbocycles. The molecule has 1 N–H and O–H groups in total. The second kappa shape index (κ2) is 10.2. The van der Waals surface area contributed by atoms with Crippen LogP contribution in [0.3, 0.4) is 0 Å². The summed E-state index contributed by atoms with van der Waals surface area (Å²) < 4.78 is 7.53. The number of aryl methyl sites for hydroxylation is 1. The van der Waals surface area contributed by atoms with Crippen LogP contribution in [0.15, 0.2) is 39.9 Å². The van der Waals surface area contributed by atoms with Gasteiger partial charge in [0, 0.05) is 29.5 Å². The van der Waals surface area contributed by atoms with Crippen molar-refractivity contribution in [2.75, 3.05) is 20.2 Å². The number of nitrogens with zero attached hydrogens (tertiary/aromatic N) is 5. The molecule has 3 aliphatic rings. The molecule has 0 bridgehead atoms. The Morgan fingerprint density at radius 3 is 2.70 bits per heavy atom. The van der Waals surface area contributed by atoms with Crippen LogP contribution in [0.5, 0.6) is 5.75 Å². The molecule has 4 heterocycles. The lowest BCUT2D eigenvalue weighted by molar-refractivity contribution is -0.130. The molecule has 2 amide bonds. The van der Waals surface area contributed by atoms with Crippen LogP contribution in [0, 0.1) is 19.3 Å². The Bertz CT molecular complexity index is 1400. The summed E-state index contributed by atoms with van der Waals surface area (Å²) in [7, 11) is 1.60. The van der Waals surface area contributed by atoms with E-state index >= 15 is 0 Å². The molecule has 192 valence electrons. The van der Waals surface area contributed by atoms with Crippen LogP contribution < -0.4 is 4.74 Å². The Hall–Kier alpha value is -3.37. The summed E-state index contributed by atoms with van der Waals surface area (Å²) in [6.45, 7) is 5.41. The number of rotatable bonds is 5. The average molecular weight is 539 g/mol. The van der Waals surface area contributed by atoms with E-state index in [1.807, 2.05) is 41.5 Å². The number of methoxy groups -OCH3 is 1. The van der Waals surface area contributed by atoms with Gasteiger partial charge in [-0.25, -0.2) is 0 Å². The SMILES string of the molecule is COc1ccc(Cl)cc1-n1c(C)cc(/C=C2\C(=N)N3N=C(CC(=O)N4CCCCC4)SC3=NC2=O)c1C. The summed E-state index contributed by atoms with van der Waals surface area (Å²) in [5.74, 6) is 0.112. The largest absolute Gasteiger partial charge is 0.495 e. The monoisotopic (exact) mass is 538 g/mol. The van der Waals surface area contributed by atoms with Gasteiger partial charge in [0.2, 0.25) is 11.1 Å². The van der Waals surface area contributed by atoms with Gasteiger partial charge in [-0.05, 0) is 80.8 Å². The number of hydrazone groups is 1. The molecule has 3 aliphatic heterocycles. The molecule has 9 nitrogen and oxygen atoms in total. The number of halogens is 1. The molecule has 0 atom stereocenters. The zero-order valence-corrected chi connectivity index (χ0v) is 22.4. The van der Waals surface area contributed by atoms with Gasteiger partial charge in [0.15, 0.2) is 5.84 Å². The summed E-state index contributed by atoms with van der Waals surface area (Å²) in [5.41, 5.74) is 3.45. The van der Waals surface area contributed by atoms with E-state index in [1.165, 1.54) is 16.8 Å². The minimum Gasteiger partial charge on any atom is -0.495 e. The normalized spacial score (nSPS) is 18.8. The number of benzene rings is 1. The van der Waals surface area contributed by atoms with Crippen LogP contribution in [0.4, 0.5) is 0 Å². The lowest BCUT2D eigenvalue weighted by atomic mass is 10.1. The Morgan fingerprint density at radius 1 is 1.22 bits per heavy atom. The third kappa shape index (κ3) is 4.83. The first-order valence-electron chi connectivity index (χ1n) is 12.1. The van der Waals surface area contributed by atoms with Gasteiger partial charge < -0.3 is 14.2 Å². The Kier molecular flexibility index (Phi) is 6.96. The van der Waals surface area contributed by atoms with Crippen molar-refractivity contribution in [3.8, 4) is 11.4 Å². The van der Waals surface area contributed by atoms with E-state index in [-0.39, 0.29) is 23.7 Å². The number of aromatic nitrogens is 1. The molecule has 37 heavy (non-hydrogen) atoms. The van der Waals surface area contributed by atoms with E-state index in [9.17, 15) is 9.59 Å². The Labute approximate surface area is 224 Å². The maximum Gasteiger partial charge on any atom is 0.283 e. The van der Waals surface area contributed by atoms with Crippen molar-refractivity contribution in [3.63, 3.8) is 0 Å². The third-order valence-electron chi connectivity index (χ3n) is 6.66. The summed E-state index contributed by atoms with van der Waals surface area (Å²) >= 11 is 7.43. The minimum absolute atomic E-state index is 0.0175. The number of nitrogens with one attached hydrogen (secondary N) is 1. The van der Waals surface area contributed by atoms with Gasteiger partial charge in [-0.2, -0.15) is 15.1 Å². The predicted octanol–water partition coefficient (Wildman–Crippen LogP) is 4.78. The van der Waals surface area contributed by atoms with Crippen LogP contribution in [-0.2, 0) is 9.59 Å². The van der Waals surface area contributed by atoms with Gasteiger partial charge in [0.25, 0.3) is 5.91 Å². The van der Waals surface area contributed by atoms with Crippen LogP contribution in [-0.4, -0.2) is 62.5 Å². The van der Waals surface area contributed by atoms with Gasteiger partial charge in [-0.15, -0.1) is 0 Å². The smallest absolute Gasteiger partial charge is 0.283 e. The molecule has 0 spiro atoms. The Morgan fingerprint density at radius 2 is 1.97 bits per heavy atom. The number of ether oxygens (including phenoxy) is 1. The van der Waals surface area contributed by atoms with Crippen molar-refractivity contribution in [2.24, 2.45) is 10.1 Å². The first-order valence-corrected chi connectivity index (χ1v) is 13.3. The third-order valence-corrected chi connectivity index (χ3v) is 7.80. The number of amidine groups is 2. The highest BCUT2D eigenvalue weighted by atomic mass is 35.5.